The Bertz CT molecular complexity index is 861. The molecule has 0 saturated carbocycles. The molecule has 1 aromatic carbocycles. The summed E-state index contributed by atoms with van der Waals surface area (Å²) in [6.45, 7) is -0.191. The molecule has 0 bridgehead atoms. The highest BCUT2D eigenvalue weighted by molar-refractivity contribution is 5.91. The van der Waals surface area contributed by atoms with Crippen LogP contribution in [0.1, 0.15) is 16.2 Å². The Morgan fingerprint density at radius 1 is 1.08 bits per heavy atom. The van der Waals surface area contributed by atoms with E-state index in [1.54, 1.807) is 12.1 Å². The van der Waals surface area contributed by atoms with Crippen molar-refractivity contribution in [3.05, 3.63) is 42.0 Å². The number of nitrogens with zero attached hydrogens (tertiary/aromatic N) is 2. The monoisotopic (exact) mass is 360 g/mol. The number of rotatable bonds is 7. The van der Waals surface area contributed by atoms with Crippen molar-refractivity contribution in [3.63, 3.8) is 0 Å². The number of hydrogen-bond acceptors (Lipinski definition) is 9. The average molecular weight is 360 g/mol. The quantitative estimate of drug-likeness (QED) is 0.588. The van der Waals surface area contributed by atoms with E-state index in [4.69, 9.17) is 27.8 Å². The lowest BCUT2D eigenvalue weighted by atomic mass is 10.2. The van der Waals surface area contributed by atoms with Gasteiger partial charge < -0.3 is 27.8 Å². The van der Waals surface area contributed by atoms with Crippen molar-refractivity contribution in [3.8, 4) is 28.9 Å². The van der Waals surface area contributed by atoms with Crippen molar-refractivity contribution in [2.45, 2.75) is 6.61 Å². The van der Waals surface area contributed by atoms with Crippen LogP contribution >= 0.6 is 0 Å². The summed E-state index contributed by atoms with van der Waals surface area (Å²) < 4.78 is 31.4. The molecule has 0 aliphatic rings. The van der Waals surface area contributed by atoms with Gasteiger partial charge in [-0.25, -0.2) is 4.79 Å². The third kappa shape index (κ3) is 3.46. The summed E-state index contributed by atoms with van der Waals surface area (Å²) in [5, 5.41) is 7.64. The van der Waals surface area contributed by atoms with Crippen LogP contribution in [-0.4, -0.2) is 37.5 Å². The van der Waals surface area contributed by atoms with Gasteiger partial charge in [0.25, 0.3) is 11.8 Å². The minimum absolute atomic E-state index is 0.136. The van der Waals surface area contributed by atoms with Gasteiger partial charge in [0.05, 0.1) is 33.2 Å². The number of hydrogen-bond donors (Lipinski definition) is 0. The Morgan fingerprint density at radius 3 is 2.38 bits per heavy atom. The van der Waals surface area contributed by atoms with Gasteiger partial charge in [0.1, 0.15) is 0 Å². The number of aromatic nitrogens is 2. The molecule has 3 rings (SSSR count). The topological polar surface area (TPSA) is 106 Å². The first kappa shape index (κ1) is 17.3. The van der Waals surface area contributed by atoms with E-state index in [0.29, 0.717) is 23.0 Å². The van der Waals surface area contributed by atoms with Crippen LogP contribution < -0.4 is 14.2 Å². The molecule has 136 valence electrons. The zero-order valence-electron chi connectivity index (χ0n) is 14.3. The molecule has 0 radical (unpaired) electrons. The van der Waals surface area contributed by atoms with Gasteiger partial charge >= 0.3 is 5.97 Å². The molecule has 2 aromatic heterocycles. The standard InChI is InChI=1S/C17H16N2O7/c1-21-12-7-10(8-13(22-2)15(12)23-3)17(20)25-9-14-18-19-16(26-14)11-5-4-6-24-11/h4-8H,9H2,1-3H3. The zero-order chi connectivity index (χ0) is 18.5. The first-order valence-corrected chi connectivity index (χ1v) is 7.49. The lowest BCUT2D eigenvalue weighted by Crippen LogP contribution is -2.07. The van der Waals surface area contributed by atoms with Crippen LogP contribution in [0.3, 0.4) is 0 Å². The van der Waals surface area contributed by atoms with Crippen molar-refractivity contribution in [1.29, 1.82) is 0 Å². The molecular weight excluding hydrogens is 344 g/mol. The summed E-state index contributed by atoms with van der Waals surface area (Å²) in [4.78, 5) is 12.3. The molecular formula is C17H16N2O7. The molecule has 0 saturated heterocycles. The minimum atomic E-state index is -0.609. The molecule has 9 heteroatoms. The summed E-state index contributed by atoms with van der Waals surface area (Å²) in [6, 6.07) is 6.36. The zero-order valence-corrected chi connectivity index (χ0v) is 14.3. The van der Waals surface area contributed by atoms with Crippen LogP contribution in [0.25, 0.3) is 11.7 Å². The number of carbonyl (C=O) groups is 1. The molecule has 26 heavy (non-hydrogen) atoms. The molecule has 0 atom stereocenters. The molecule has 0 unspecified atom stereocenters. The van der Waals surface area contributed by atoms with Gasteiger partial charge in [0.2, 0.25) is 5.75 Å². The van der Waals surface area contributed by atoms with Gasteiger partial charge in [-0.05, 0) is 24.3 Å². The maximum atomic E-state index is 12.3. The molecule has 0 aliphatic heterocycles. The second-order valence-corrected chi connectivity index (χ2v) is 4.97. The van der Waals surface area contributed by atoms with Gasteiger partial charge in [-0.1, -0.05) is 0 Å². The summed E-state index contributed by atoms with van der Waals surface area (Å²) in [5.74, 6) is 1.23. The minimum Gasteiger partial charge on any atom is -0.493 e. The number of carbonyl (C=O) groups excluding carboxylic acids is 1. The molecule has 0 N–H and O–H groups in total. The Balaban J connectivity index is 1.72. The third-order valence-electron chi connectivity index (χ3n) is 3.43. The summed E-state index contributed by atoms with van der Waals surface area (Å²) >= 11 is 0. The number of methoxy groups -OCH3 is 3. The van der Waals surface area contributed by atoms with Crippen molar-refractivity contribution in [1.82, 2.24) is 10.2 Å². The van der Waals surface area contributed by atoms with Gasteiger partial charge in [-0.15, -0.1) is 10.2 Å². The lowest BCUT2D eigenvalue weighted by Gasteiger charge is -2.13. The van der Waals surface area contributed by atoms with E-state index in [-0.39, 0.29) is 24.0 Å². The van der Waals surface area contributed by atoms with Crippen LogP contribution in [-0.2, 0) is 11.3 Å². The van der Waals surface area contributed by atoms with E-state index in [1.807, 2.05) is 0 Å². The normalized spacial score (nSPS) is 10.4. The first-order chi connectivity index (χ1) is 12.7. The maximum absolute atomic E-state index is 12.3. The Hall–Kier alpha value is -3.49. The highest BCUT2D eigenvalue weighted by atomic mass is 16.5. The first-order valence-electron chi connectivity index (χ1n) is 7.49. The van der Waals surface area contributed by atoms with Crippen LogP contribution in [0, 0.1) is 0 Å². The fourth-order valence-corrected chi connectivity index (χ4v) is 2.22. The van der Waals surface area contributed by atoms with Crippen LogP contribution in [0.5, 0.6) is 17.2 Å². The van der Waals surface area contributed by atoms with Gasteiger partial charge in [0.15, 0.2) is 23.9 Å². The van der Waals surface area contributed by atoms with E-state index >= 15 is 0 Å². The lowest BCUT2D eigenvalue weighted by molar-refractivity contribution is 0.0437. The summed E-state index contributed by atoms with van der Waals surface area (Å²) in [5.41, 5.74) is 0.227. The van der Waals surface area contributed by atoms with Crippen molar-refractivity contribution in [2.24, 2.45) is 0 Å². The van der Waals surface area contributed by atoms with Crippen molar-refractivity contribution < 1.29 is 32.6 Å². The van der Waals surface area contributed by atoms with Gasteiger partial charge in [-0.3, -0.25) is 0 Å². The Labute approximate surface area is 148 Å². The predicted molar refractivity (Wildman–Crippen MR) is 87.2 cm³/mol. The van der Waals surface area contributed by atoms with E-state index in [0.717, 1.165) is 0 Å². The summed E-state index contributed by atoms with van der Waals surface area (Å²) in [7, 11) is 4.40. The second-order valence-electron chi connectivity index (χ2n) is 4.97. The Morgan fingerprint density at radius 2 is 1.81 bits per heavy atom. The van der Waals surface area contributed by atoms with Crippen molar-refractivity contribution in [2.75, 3.05) is 21.3 Å². The van der Waals surface area contributed by atoms with Crippen LogP contribution in [0.15, 0.2) is 39.4 Å². The SMILES string of the molecule is COc1cc(C(=O)OCc2nnc(-c3ccco3)o2)cc(OC)c1OC. The number of ether oxygens (including phenoxy) is 4. The fourth-order valence-electron chi connectivity index (χ4n) is 2.22. The van der Waals surface area contributed by atoms with Crippen LogP contribution in [0.2, 0.25) is 0 Å². The average Bonchev–Trinajstić information content (AvgIpc) is 3.36. The fraction of sp³-hybridized carbons (Fsp3) is 0.235. The number of benzene rings is 1. The third-order valence-corrected chi connectivity index (χ3v) is 3.43. The van der Waals surface area contributed by atoms with Gasteiger partial charge in [-0.2, -0.15) is 0 Å². The molecule has 0 amide bonds. The second kappa shape index (κ2) is 7.60. The smallest absolute Gasteiger partial charge is 0.338 e. The molecule has 0 fully saturated rings. The maximum Gasteiger partial charge on any atom is 0.338 e. The van der Waals surface area contributed by atoms with E-state index in [1.165, 1.54) is 39.7 Å². The number of esters is 1. The molecule has 9 nitrogen and oxygen atoms in total. The highest BCUT2D eigenvalue weighted by Gasteiger charge is 2.19. The Kier molecular flexibility index (Phi) is 5.07. The number of furan rings is 1. The summed E-state index contributed by atoms with van der Waals surface area (Å²) in [6.07, 6.45) is 1.49. The highest BCUT2D eigenvalue weighted by Crippen LogP contribution is 2.38. The molecule has 0 aliphatic carbocycles. The predicted octanol–water partition coefficient (Wildman–Crippen LogP) is 2.71. The van der Waals surface area contributed by atoms with Crippen LogP contribution in [0.4, 0.5) is 0 Å². The van der Waals surface area contributed by atoms with E-state index < -0.39 is 5.97 Å². The van der Waals surface area contributed by atoms with E-state index in [9.17, 15) is 4.79 Å². The van der Waals surface area contributed by atoms with Crippen molar-refractivity contribution >= 4 is 5.97 Å². The molecule has 0 spiro atoms. The van der Waals surface area contributed by atoms with E-state index in [2.05, 4.69) is 10.2 Å². The molecule has 3 aromatic rings. The largest absolute Gasteiger partial charge is 0.493 e. The van der Waals surface area contributed by atoms with Gasteiger partial charge in [0, 0.05) is 0 Å². The molecule has 2 heterocycles.